The van der Waals surface area contributed by atoms with Crippen LogP contribution in [0.3, 0.4) is 0 Å². The summed E-state index contributed by atoms with van der Waals surface area (Å²) in [6.45, 7) is 2.47. The zero-order valence-corrected chi connectivity index (χ0v) is 11.3. The fourth-order valence-corrected chi connectivity index (χ4v) is 2.71. The van der Waals surface area contributed by atoms with Crippen LogP contribution in [-0.2, 0) is 17.8 Å². The Balaban J connectivity index is 2.22. The van der Waals surface area contributed by atoms with Crippen LogP contribution in [-0.4, -0.2) is 11.1 Å². The van der Waals surface area contributed by atoms with Crippen LogP contribution < -0.4 is 4.74 Å². The molecule has 3 heteroatoms. The van der Waals surface area contributed by atoms with Crippen LogP contribution in [0.25, 0.3) is 0 Å². The number of carbonyl (C=O) groups is 1. The summed E-state index contributed by atoms with van der Waals surface area (Å²) in [6.07, 6.45) is 0.876. The van der Waals surface area contributed by atoms with E-state index in [9.17, 15) is 9.90 Å². The van der Waals surface area contributed by atoms with Crippen molar-refractivity contribution >= 4 is 5.97 Å². The van der Waals surface area contributed by atoms with Gasteiger partial charge in [-0.25, -0.2) is 0 Å². The van der Waals surface area contributed by atoms with E-state index in [1.54, 1.807) is 0 Å². The highest BCUT2D eigenvalue weighted by Crippen LogP contribution is 2.38. The smallest absolute Gasteiger partial charge is 0.315 e. The number of fused-ring (bicyclic) bond motifs is 2. The van der Waals surface area contributed by atoms with Gasteiger partial charge < -0.3 is 9.84 Å². The molecule has 0 saturated carbocycles. The van der Waals surface area contributed by atoms with Crippen molar-refractivity contribution in [2.24, 2.45) is 0 Å². The van der Waals surface area contributed by atoms with E-state index in [4.69, 9.17) is 4.74 Å². The molecular weight excluding hydrogens is 252 g/mol. The quantitative estimate of drug-likeness (QED) is 0.908. The maximum atomic E-state index is 11.8. The number of rotatable bonds is 2. The largest absolute Gasteiger partial charge is 0.489 e. The van der Waals surface area contributed by atoms with Crippen LogP contribution in [0.1, 0.15) is 35.1 Å². The zero-order chi connectivity index (χ0) is 14.1. The second-order valence-corrected chi connectivity index (χ2v) is 4.98. The highest BCUT2D eigenvalue weighted by molar-refractivity contribution is 5.82. The molecule has 1 aliphatic heterocycles. The third-order valence-corrected chi connectivity index (χ3v) is 3.79. The van der Waals surface area contributed by atoms with Crippen LogP contribution in [0.5, 0.6) is 5.75 Å². The normalized spacial score (nSPS) is 16.6. The minimum absolute atomic E-state index is 0.415. The third kappa shape index (κ3) is 2.05. The first-order chi connectivity index (χ1) is 9.70. The lowest BCUT2D eigenvalue weighted by Gasteiger charge is -2.15. The van der Waals surface area contributed by atoms with Crippen LogP contribution in [0.4, 0.5) is 0 Å². The van der Waals surface area contributed by atoms with Gasteiger partial charge in [0, 0.05) is 5.56 Å². The molecule has 20 heavy (non-hydrogen) atoms. The van der Waals surface area contributed by atoms with Gasteiger partial charge in [0.05, 0.1) is 0 Å². The average molecular weight is 268 g/mol. The third-order valence-electron chi connectivity index (χ3n) is 3.79. The molecule has 1 aliphatic rings. The summed E-state index contributed by atoms with van der Waals surface area (Å²) in [7, 11) is 0. The standard InChI is InChI=1S/C17H16O3/c1-2-11-7-8-15-14(9-11)16(17(18)19)13-6-4-3-5-12(13)10-20-15/h3-9,16H,2,10H2,1H3,(H,18,19)/t16-/m1/s1. The first-order valence-corrected chi connectivity index (χ1v) is 6.77. The Bertz CT molecular complexity index is 661. The molecule has 0 aromatic heterocycles. The van der Waals surface area contributed by atoms with Crippen LogP contribution >= 0.6 is 0 Å². The number of aliphatic carboxylic acids is 1. The highest BCUT2D eigenvalue weighted by Gasteiger charge is 2.30. The van der Waals surface area contributed by atoms with Crippen molar-refractivity contribution < 1.29 is 14.6 Å². The van der Waals surface area contributed by atoms with E-state index in [2.05, 4.69) is 6.92 Å². The maximum absolute atomic E-state index is 11.8. The fraction of sp³-hybridized carbons (Fsp3) is 0.235. The molecular formula is C17H16O3. The molecule has 0 spiro atoms. The van der Waals surface area contributed by atoms with Crippen molar-refractivity contribution in [1.82, 2.24) is 0 Å². The Morgan fingerprint density at radius 1 is 1.25 bits per heavy atom. The summed E-state index contributed by atoms with van der Waals surface area (Å²) < 4.78 is 5.79. The van der Waals surface area contributed by atoms with Crippen LogP contribution in [0.15, 0.2) is 42.5 Å². The van der Waals surface area contributed by atoms with Crippen LogP contribution in [0.2, 0.25) is 0 Å². The predicted molar refractivity (Wildman–Crippen MR) is 76.1 cm³/mol. The number of carboxylic acids is 1. The molecule has 1 N–H and O–H groups in total. The number of aryl methyl sites for hydroxylation is 1. The molecule has 0 saturated heterocycles. The van der Waals surface area contributed by atoms with Crippen molar-refractivity contribution in [3.05, 3.63) is 64.7 Å². The molecule has 0 radical (unpaired) electrons. The van der Waals surface area contributed by atoms with E-state index in [-0.39, 0.29) is 0 Å². The maximum Gasteiger partial charge on any atom is 0.315 e. The Morgan fingerprint density at radius 3 is 2.80 bits per heavy atom. The zero-order valence-electron chi connectivity index (χ0n) is 11.3. The Hall–Kier alpha value is -2.29. The van der Waals surface area contributed by atoms with Gasteiger partial charge >= 0.3 is 5.97 Å². The average Bonchev–Trinajstić information content (AvgIpc) is 2.62. The van der Waals surface area contributed by atoms with Crippen molar-refractivity contribution in [3.8, 4) is 5.75 Å². The van der Waals surface area contributed by atoms with Gasteiger partial charge in [0.15, 0.2) is 0 Å². The summed E-state index contributed by atoms with van der Waals surface area (Å²) in [5.74, 6) is -0.821. The molecule has 0 unspecified atom stereocenters. The summed E-state index contributed by atoms with van der Waals surface area (Å²) in [5, 5.41) is 9.66. The van der Waals surface area contributed by atoms with Crippen molar-refractivity contribution in [3.63, 3.8) is 0 Å². The number of carboxylic acid groups (broad SMARTS) is 1. The minimum Gasteiger partial charge on any atom is -0.489 e. The topological polar surface area (TPSA) is 46.5 Å². The SMILES string of the molecule is CCc1ccc2c(c1)[C@H](C(=O)O)c1ccccc1CO2. The van der Waals surface area contributed by atoms with E-state index >= 15 is 0 Å². The summed E-state index contributed by atoms with van der Waals surface area (Å²) in [6, 6.07) is 13.4. The van der Waals surface area contributed by atoms with E-state index in [1.807, 2.05) is 42.5 Å². The summed E-state index contributed by atoms with van der Waals surface area (Å²) in [5.41, 5.74) is 3.64. The monoisotopic (exact) mass is 268 g/mol. The van der Waals surface area contributed by atoms with Gasteiger partial charge in [0.2, 0.25) is 0 Å². The minimum atomic E-state index is -0.836. The van der Waals surface area contributed by atoms with E-state index in [0.717, 1.165) is 28.7 Å². The number of hydrogen-bond acceptors (Lipinski definition) is 2. The lowest BCUT2D eigenvalue weighted by Crippen LogP contribution is -2.14. The summed E-state index contributed by atoms with van der Waals surface area (Å²) in [4.78, 5) is 11.8. The van der Waals surface area contributed by atoms with Gasteiger partial charge in [-0.15, -0.1) is 0 Å². The Kier molecular flexibility index (Phi) is 3.18. The first kappa shape index (κ1) is 12.7. The molecule has 0 aliphatic carbocycles. The van der Waals surface area contributed by atoms with E-state index < -0.39 is 11.9 Å². The van der Waals surface area contributed by atoms with Crippen molar-refractivity contribution in [2.75, 3.05) is 0 Å². The lowest BCUT2D eigenvalue weighted by molar-refractivity contribution is -0.137. The Morgan fingerprint density at radius 2 is 2.05 bits per heavy atom. The second-order valence-electron chi connectivity index (χ2n) is 4.98. The molecule has 102 valence electrons. The molecule has 2 aromatic carbocycles. The lowest BCUT2D eigenvalue weighted by atomic mass is 9.87. The van der Waals surface area contributed by atoms with Gasteiger partial charge in [-0.1, -0.05) is 43.3 Å². The first-order valence-electron chi connectivity index (χ1n) is 6.77. The van der Waals surface area contributed by atoms with E-state index in [1.165, 1.54) is 0 Å². The molecule has 0 fully saturated rings. The van der Waals surface area contributed by atoms with Gasteiger partial charge in [-0.2, -0.15) is 0 Å². The van der Waals surface area contributed by atoms with Gasteiger partial charge in [-0.3, -0.25) is 4.79 Å². The molecule has 1 atom stereocenters. The van der Waals surface area contributed by atoms with Gasteiger partial charge in [-0.05, 0) is 29.2 Å². The summed E-state index contributed by atoms with van der Waals surface area (Å²) >= 11 is 0. The molecule has 1 heterocycles. The molecule has 0 amide bonds. The number of benzene rings is 2. The molecule has 0 bridgehead atoms. The highest BCUT2D eigenvalue weighted by atomic mass is 16.5. The molecule has 3 rings (SSSR count). The van der Waals surface area contributed by atoms with Crippen molar-refractivity contribution in [2.45, 2.75) is 25.9 Å². The van der Waals surface area contributed by atoms with Gasteiger partial charge in [0.1, 0.15) is 18.3 Å². The fourth-order valence-electron chi connectivity index (χ4n) is 2.71. The van der Waals surface area contributed by atoms with E-state index in [0.29, 0.717) is 12.4 Å². The Labute approximate surface area is 117 Å². The predicted octanol–water partition coefficient (Wildman–Crippen LogP) is 3.36. The number of ether oxygens (including phenoxy) is 1. The number of hydrogen-bond donors (Lipinski definition) is 1. The van der Waals surface area contributed by atoms with Crippen molar-refractivity contribution in [1.29, 1.82) is 0 Å². The van der Waals surface area contributed by atoms with Crippen LogP contribution in [0, 0.1) is 0 Å². The molecule has 2 aromatic rings. The van der Waals surface area contributed by atoms with Gasteiger partial charge in [0.25, 0.3) is 0 Å². The second kappa shape index (κ2) is 5.00. The molecule has 3 nitrogen and oxygen atoms in total.